The van der Waals surface area contributed by atoms with E-state index in [0.29, 0.717) is 6.54 Å². The van der Waals surface area contributed by atoms with Crippen LogP contribution in [0, 0.1) is 6.92 Å². The zero-order valence-corrected chi connectivity index (χ0v) is 18.0. The van der Waals surface area contributed by atoms with Crippen molar-refractivity contribution in [2.75, 3.05) is 36.8 Å². The van der Waals surface area contributed by atoms with Gasteiger partial charge in [0.25, 0.3) is 0 Å². The Bertz CT molecular complexity index is 916. The zero-order chi connectivity index (χ0) is 20.6. The SMILES string of the molecule is Cc1cnn2c(NCc3cccnc3)cc(NCCCCCN3CCCCC3)nc12. The van der Waals surface area contributed by atoms with Gasteiger partial charge in [0.2, 0.25) is 0 Å². The summed E-state index contributed by atoms with van der Waals surface area (Å²) in [5.74, 6) is 1.83. The van der Waals surface area contributed by atoms with Crippen molar-refractivity contribution < 1.29 is 0 Å². The molecule has 0 unspecified atom stereocenters. The third-order valence-electron chi connectivity index (χ3n) is 5.75. The molecule has 0 aromatic carbocycles. The lowest BCUT2D eigenvalue weighted by Gasteiger charge is -2.26. The Hall–Kier alpha value is -2.67. The second-order valence-electron chi connectivity index (χ2n) is 8.19. The van der Waals surface area contributed by atoms with Crippen molar-refractivity contribution in [3.63, 3.8) is 0 Å². The van der Waals surface area contributed by atoms with Gasteiger partial charge in [-0.2, -0.15) is 9.61 Å². The maximum atomic E-state index is 4.77. The van der Waals surface area contributed by atoms with E-state index in [1.165, 1.54) is 51.7 Å². The van der Waals surface area contributed by atoms with Gasteiger partial charge in [-0.25, -0.2) is 4.98 Å². The number of piperidine rings is 1. The van der Waals surface area contributed by atoms with Gasteiger partial charge in [-0.1, -0.05) is 18.9 Å². The Morgan fingerprint density at radius 3 is 2.77 bits per heavy atom. The van der Waals surface area contributed by atoms with E-state index in [9.17, 15) is 0 Å². The van der Waals surface area contributed by atoms with Gasteiger partial charge in [0.05, 0.1) is 6.20 Å². The molecule has 0 aliphatic carbocycles. The van der Waals surface area contributed by atoms with Crippen LogP contribution in [0.2, 0.25) is 0 Å². The van der Waals surface area contributed by atoms with E-state index in [1.54, 1.807) is 6.20 Å². The Kier molecular flexibility index (Phi) is 7.13. The third-order valence-corrected chi connectivity index (χ3v) is 5.75. The van der Waals surface area contributed by atoms with E-state index in [0.717, 1.165) is 41.4 Å². The van der Waals surface area contributed by atoms with E-state index < -0.39 is 0 Å². The molecular weight excluding hydrogens is 374 g/mol. The lowest BCUT2D eigenvalue weighted by atomic mass is 10.1. The molecule has 4 heterocycles. The molecule has 1 aliphatic heterocycles. The molecule has 2 N–H and O–H groups in total. The highest BCUT2D eigenvalue weighted by Gasteiger charge is 2.10. The monoisotopic (exact) mass is 407 g/mol. The van der Waals surface area contributed by atoms with Crippen LogP contribution in [0.25, 0.3) is 5.65 Å². The topological polar surface area (TPSA) is 70.4 Å². The lowest BCUT2D eigenvalue weighted by molar-refractivity contribution is 0.224. The summed E-state index contributed by atoms with van der Waals surface area (Å²) >= 11 is 0. The fourth-order valence-electron chi connectivity index (χ4n) is 4.02. The summed E-state index contributed by atoms with van der Waals surface area (Å²) in [6.07, 6.45) is 13.4. The molecule has 0 radical (unpaired) electrons. The van der Waals surface area contributed by atoms with Crippen LogP contribution in [0.15, 0.2) is 36.8 Å². The van der Waals surface area contributed by atoms with Crippen LogP contribution >= 0.6 is 0 Å². The van der Waals surface area contributed by atoms with Crippen LogP contribution in [-0.2, 0) is 6.54 Å². The van der Waals surface area contributed by atoms with Crippen molar-refractivity contribution in [2.45, 2.75) is 52.0 Å². The first-order valence-electron chi connectivity index (χ1n) is 11.2. The Morgan fingerprint density at radius 2 is 1.93 bits per heavy atom. The first-order chi connectivity index (χ1) is 14.8. The Labute approximate surface area is 178 Å². The number of pyridine rings is 1. The van der Waals surface area contributed by atoms with E-state index in [4.69, 9.17) is 4.98 Å². The fraction of sp³-hybridized carbons (Fsp3) is 0.522. The molecule has 1 aliphatic rings. The minimum Gasteiger partial charge on any atom is -0.370 e. The van der Waals surface area contributed by atoms with Crippen LogP contribution in [0.1, 0.15) is 49.7 Å². The summed E-state index contributed by atoms with van der Waals surface area (Å²) in [7, 11) is 0. The number of rotatable bonds is 10. The minimum absolute atomic E-state index is 0.696. The Balaban J connectivity index is 1.30. The van der Waals surface area contributed by atoms with Crippen LogP contribution < -0.4 is 10.6 Å². The lowest BCUT2D eigenvalue weighted by Crippen LogP contribution is -2.30. The minimum atomic E-state index is 0.696. The number of hydrogen-bond donors (Lipinski definition) is 2. The number of fused-ring (bicyclic) bond motifs is 1. The maximum Gasteiger partial charge on any atom is 0.162 e. The highest BCUT2D eigenvalue weighted by molar-refractivity contribution is 5.59. The van der Waals surface area contributed by atoms with Crippen molar-refractivity contribution in [3.05, 3.63) is 47.9 Å². The van der Waals surface area contributed by atoms with E-state index >= 15 is 0 Å². The van der Waals surface area contributed by atoms with Crippen LogP contribution in [0.5, 0.6) is 0 Å². The van der Waals surface area contributed by atoms with Gasteiger partial charge in [0.1, 0.15) is 11.6 Å². The first-order valence-corrected chi connectivity index (χ1v) is 11.2. The van der Waals surface area contributed by atoms with Gasteiger partial charge in [-0.05, 0) is 63.9 Å². The molecule has 0 atom stereocenters. The number of unbranched alkanes of at least 4 members (excludes halogenated alkanes) is 2. The highest BCUT2D eigenvalue weighted by Crippen LogP contribution is 2.19. The van der Waals surface area contributed by atoms with Crippen molar-refractivity contribution in [2.24, 2.45) is 0 Å². The van der Waals surface area contributed by atoms with Gasteiger partial charge in [0, 0.05) is 37.1 Å². The second kappa shape index (κ2) is 10.4. The van der Waals surface area contributed by atoms with Crippen molar-refractivity contribution in [1.82, 2.24) is 24.5 Å². The van der Waals surface area contributed by atoms with Gasteiger partial charge in [-0.15, -0.1) is 0 Å². The normalized spacial score (nSPS) is 14.8. The predicted octanol–water partition coefficient (Wildman–Crippen LogP) is 4.11. The van der Waals surface area contributed by atoms with Crippen LogP contribution in [0.4, 0.5) is 11.6 Å². The molecule has 7 nitrogen and oxygen atoms in total. The molecule has 0 bridgehead atoms. The van der Waals surface area contributed by atoms with Crippen molar-refractivity contribution in [3.8, 4) is 0 Å². The molecule has 1 fully saturated rings. The van der Waals surface area contributed by atoms with Gasteiger partial charge in [-0.3, -0.25) is 4.98 Å². The number of nitrogens with zero attached hydrogens (tertiary/aromatic N) is 5. The average molecular weight is 408 g/mol. The average Bonchev–Trinajstić information content (AvgIpc) is 3.17. The molecule has 0 amide bonds. The van der Waals surface area contributed by atoms with E-state index in [2.05, 4.69) is 31.7 Å². The van der Waals surface area contributed by atoms with Gasteiger partial charge >= 0.3 is 0 Å². The number of likely N-dealkylation sites (tertiary alicyclic amines) is 1. The van der Waals surface area contributed by atoms with Crippen LogP contribution in [-0.4, -0.2) is 50.7 Å². The molecule has 7 heteroatoms. The van der Waals surface area contributed by atoms with Crippen molar-refractivity contribution in [1.29, 1.82) is 0 Å². The molecular formula is C23H33N7. The van der Waals surface area contributed by atoms with Gasteiger partial charge < -0.3 is 15.5 Å². The number of aromatic nitrogens is 4. The largest absolute Gasteiger partial charge is 0.370 e. The van der Waals surface area contributed by atoms with Crippen LogP contribution in [0.3, 0.4) is 0 Å². The summed E-state index contributed by atoms with van der Waals surface area (Å²) in [5, 5.41) is 11.5. The standard InChI is InChI=1S/C23H33N7/c1-19-16-27-30-22(26-18-20-9-8-10-24-17-20)15-21(28-23(19)30)25-11-4-2-5-12-29-13-6-3-7-14-29/h8-10,15-17,26H,2-7,11-14,18H2,1H3,(H,25,28). The molecule has 4 rings (SSSR count). The Morgan fingerprint density at radius 1 is 1.03 bits per heavy atom. The number of aryl methyl sites for hydroxylation is 1. The highest BCUT2D eigenvalue weighted by atomic mass is 15.3. The summed E-state index contributed by atoms with van der Waals surface area (Å²) < 4.78 is 1.87. The number of hydrogen-bond acceptors (Lipinski definition) is 6. The smallest absolute Gasteiger partial charge is 0.162 e. The summed E-state index contributed by atoms with van der Waals surface area (Å²) in [4.78, 5) is 11.6. The third kappa shape index (κ3) is 5.48. The quantitative estimate of drug-likeness (QED) is 0.493. The summed E-state index contributed by atoms with van der Waals surface area (Å²) in [6.45, 7) is 7.52. The molecule has 1 saturated heterocycles. The second-order valence-corrected chi connectivity index (χ2v) is 8.19. The van der Waals surface area contributed by atoms with E-state index in [-0.39, 0.29) is 0 Å². The zero-order valence-electron chi connectivity index (χ0n) is 18.0. The summed E-state index contributed by atoms with van der Waals surface area (Å²) in [5.41, 5.74) is 3.10. The van der Waals surface area contributed by atoms with Gasteiger partial charge in [0.15, 0.2) is 5.65 Å². The molecule has 160 valence electrons. The molecule has 0 spiro atoms. The number of nitrogens with one attached hydrogen (secondary N) is 2. The summed E-state index contributed by atoms with van der Waals surface area (Å²) in [6, 6.07) is 6.06. The fourth-order valence-corrected chi connectivity index (χ4v) is 4.02. The first kappa shape index (κ1) is 20.6. The number of anilines is 2. The molecule has 3 aromatic rings. The molecule has 0 saturated carbocycles. The van der Waals surface area contributed by atoms with Crippen molar-refractivity contribution >= 4 is 17.3 Å². The maximum absolute atomic E-state index is 4.77. The predicted molar refractivity (Wildman–Crippen MR) is 122 cm³/mol. The molecule has 30 heavy (non-hydrogen) atoms. The molecule has 3 aromatic heterocycles. The van der Waals surface area contributed by atoms with E-state index in [1.807, 2.05) is 36.0 Å².